The summed E-state index contributed by atoms with van der Waals surface area (Å²) in [5.41, 5.74) is 2.22. The van der Waals surface area contributed by atoms with Crippen molar-refractivity contribution in [2.24, 2.45) is 0 Å². The summed E-state index contributed by atoms with van der Waals surface area (Å²) in [5, 5.41) is 4.83. The van der Waals surface area contributed by atoms with E-state index in [1.54, 1.807) is 25.1 Å². The first kappa shape index (κ1) is 19.1. The van der Waals surface area contributed by atoms with Crippen molar-refractivity contribution in [3.63, 3.8) is 0 Å². The van der Waals surface area contributed by atoms with E-state index in [9.17, 15) is 4.79 Å². The number of para-hydroxylation sites is 1. The van der Waals surface area contributed by atoms with Crippen molar-refractivity contribution in [2.45, 2.75) is 18.1 Å². The molecule has 0 aliphatic carbocycles. The van der Waals surface area contributed by atoms with Crippen LogP contribution >= 0.6 is 11.8 Å². The zero-order chi connectivity index (χ0) is 20.4. The number of carbonyl (C=O) groups excluding carboxylic acids is 1. The molecular formula is C22H21N3O3S. The number of hydrogen-bond acceptors (Lipinski definition) is 5. The fraction of sp³-hybridized carbons (Fsp3) is 0.182. The van der Waals surface area contributed by atoms with Gasteiger partial charge in [0.05, 0.1) is 13.2 Å². The fourth-order valence-electron chi connectivity index (χ4n) is 3.19. The van der Waals surface area contributed by atoms with Gasteiger partial charge in [0.1, 0.15) is 5.76 Å². The van der Waals surface area contributed by atoms with Gasteiger partial charge < -0.3 is 14.5 Å². The second kappa shape index (κ2) is 8.05. The van der Waals surface area contributed by atoms with Crippen LogP contribution in [0.1, 0.15) is 29.1 Å². The maximum absolute atomic E-state index is 12.7. The van der Waals surface area contributed by atoms with Gasteiger partial charge in [0.25, 0.3) is 5.91 Å². The highest BCUT2D eigenvalue weighted by molar-refractivity contribution is 7.98. The molecule has 0 spiro atoms. The molecule has 2 heterocycles. The number of nitrogens with zero attached hydrogens (tertiary/aromatic N) is 2. The Balaban J connectivity index is 1.50. The molecule has 0 bridgehead atoms. The molecule has 148 valence electrons. The molecule has 0 aliphatic heterocycles. The SMILES string of the molecule is COc1cccc2cc(C(C)NC(=O)c3ccc(-n4ccnc4SC)cc3)oc12. The Kier molecular flexibility index (Phi) is 5.31. The molecule has 1 unspecified atom stereocenters. The number of amides is 1. The molecule has 4 aromatic rings. The van der Waals surface area contributed by atoms with Crippen LogP contribution in [0.25, 0.3) is 16.7 Å². The minimum atomic E-state index is -0.281. The van der Waals surface area contributed by atoms with Crippen LogP contribution in [0.2, 0.25) is 0 Å². The molecule has 1 atom stereocenters. The second-order valence-corrected chi connectivity index (χ2v) is 7.33. The van der Waals surface area contributed by atoms with Crippen LogP contribution in [-0.4, -0.2) is 28.8 Å². The molecule has 4 rings (SSSR count). The highest BCUT2D eigenvalue weighted by Gasteiger charge is 2.17. The Labute approximate surface area is 172 Å². The number of rotatable bonds is 6. The van der Waals surface area contributed by atoms with Gasteiger partial charge in [-0.2, -0.15) is 0 Å². The largest absolute Gasteiger partial charge is 0.493 e. The summed E-state index contributed by atoms with van der Waals surface area (Å²) in [5.74, 6) is 1.19. The number of hydrogen-bond donors (Lipinski definition) is 1. The van der Waals surface area contributed by atoms with Gasteiger partial charge in [0.2, 0.25) is 0 Å². The lowest BCUT2D eigenvalue weighted by molar-refractivity contribution is 0.0935. The molecule has 29 heavy (non-hydrogen) atoms. The molecular weight excluding hydrogens is 386 g/mol. The quantitative estimate of drug-likeness (QED) is 0.463. The molecule has 0 saturated carbocycles. The van der Waals surface area contributed by atoms with E-state index in [1.807, 2.05) is 72.5 Å². The highest BCUT2D eigenvalue weighted by atomic mass is 32.2. The molecule has 0 saturated heterocycles. The molecule has 1 N–H and O–H groups in total. The second-order valence-electron chi connectivity index (χ2n) is 6.55. The van der Waals surface area contributed by atoms with Crippen LogP contribution in [0, 0.1) is 0 Å². The van der Waals surface area contributed by atoms with Gasteiger partial charge in [-0.25, -0.2) is 4.98 Å². The van der Waals surface area contributed by atoms with Gasteiger partial charge in [0.15, 0.2) is 16.5 Å². The van der Waals surface area contributed by atoms with Gasteiger partial charge in [-0.3, -0.25) is 9.36 Å². The van der Waals surface area contributed by atoms with Crippen LogP contribution in [0.15, 0.2) is 70.5 Å². The summed E-state index contributed by atoms with van der Waals surface area (Å²) in [4.78, 5) is 17.0. The lowest BCUT2D eigenvalue weighted by Crippen LogP contribution is -2.26. The number of ether oxygens (including phenoxy) is 1. The standard InChI is InChI=1S/C22H21N3O3S/c1-14(19-13-16-5-4-6-18(27-2)20(16)28-19)24-21(26)15-7-9-17(10-8-15)25-12-11-23-22(25)29-3/h4-14H,1-3H3,(H,24,26). The normalized spacial score (nSPS) is 12.1. The van der Waals surface area contributed by atoms with Crippen molar-refractivity contribution in [2.75, 3.05) is 13.4 Å². The van der Waals surface area contributed by atoms with Crippen molar-refractivity contribution in [1.29, 1.82) is 0 Å². The van der Waals surface area contributed by atoms with Crippen molar-refractivity contribution in [3.8, 4) is 11.4 Å². The zero-order valence-corrected chi connectivity index (χ0v) is 17.2. The van der Waals surface area contributed by atoms with E-state index in [4.69, 9.17) is 9.15 Å². The molecule has 2 aromatic carbocycles. The van der Waals surface area contributed by atoms with Crippen molar-refractivity contribution >= 4 is 28.6 Å². The van der Waals surface area contributed by atoms with Gasteiger partial charge in [-0.15, -0.1) is 0 Å². The molecule has 2 aromatic heterocycles. The highest BCUT2D eigenvalue weighted by Crippen LogP contribution is 2.31. The van der Waals surface area contributed by atoms with E-state index in [1.165, 1.54) is 0 Å². The van der Waals surface area contributed by atoms with Crippen LogP contribution in [0.3, 0.4) is 0 Å². The third-order valence-corrected chi connectivity index (χ3v) is 5.39. The zero-order valence-electron chi connectivity index (χ0n) is 16.4. The Hall–Kier alpha value is -3.19. The summed E-state index contributed by atoms with van der Waals surface area (Å²) in [6, 6.07) is 14.8. The average molecular weight is 407 g/mol. The average Bonchev–Trinajstić information content (AvgIpc) is 3.40. The lowest BCUT2D eigenvalue weighted by atomic mass is 10.1. The first-order valence-corrected chi connectivity index (χ1v) is 10.4. The number of carbonyl (C=O) groups is 1. The predicted molar refractivity (Wildman–Crippen MR) is 114 cm³/mol. The Morgan fingerprint density at radius 1 is 1.24 bits per heavy atom. The molecule has 1 amide bonds. The molecule has 0 radical (unpaired) electrons. The van der Waals surface area contributed by atoms with E-state index >= 15 is 0 Å². The Morgan fingerprint density at radius 3 is 2.76 bits per heavy atom. The summed E-state index contributed by atoms with van der Waals surface area (Å²) in [6.07, 6.45) is 5.64. The van der Waals surface area contributed by atoms with E-state index in [0.29, 0.717) is 22.7 Å². The first-order chi connectivity index (χ1) is 14.1. The fourth-order valence-corrected chi connectivity index (χ4v) is 3.72. The number of furan rings is 1. The summed E-state index contributed by atoms with van der Waals surface area (Å²) < 4.78 is 13.3. The summed E-state index contributed by atoms with van der Waals surface area (Å²) >= 11 is 1.57. The molecule has 0 aliphatic rings. The van der Waals surface area contributed by atoms with Crippen LogP contribution in [0.5, 0.6) is 5.75 Å². The number of fused-ring (bicyclic) bond motifs is 1. The minimum Gasteiger partial charge on any atom is -0.493 e. The molecule has 0 fully saturated rings. The maximum Gasteiger partial charge on any atom is 0.251 e. The summed E-state index contributed by atoms with van der Waals surface area (Å²) in [7, 11) is 1.61. The number of thioether (sulfide) groups is 1. The third-order valence-electron chi connectivity index (χ3n) is 4.72. The van der Waals surface area contributed by atoms with E-state index in [-0.39, 0.29) is 11.9 Å². The number of benzene rings is 2. The number of nitrogens with one attached hydrogen (secondary N) is 1. The monoisotopic (exact) mass is 407 g/mol. The van der Waals surface area contributed by atoms with E-state index < -0.39 is 0 Å². The van der Waals surface area contributed by atoms with E-state index in [2.05, 4.69) is 10.3 Å². The number of aromatic nitrogens is 2. The van der Waals surface area contributed by atoms with Crippen LogP contribution in [0.4, 0.5) is 0 Å². The van der Waals surface area contributed by atoms with Gasteiger partial charge in [-0.05, 0) is 49.6 Å². The van der Waals surface area contributed by atoms with Crippen LogP contribution in [-0.2, 0) is 0 Å². The first-order valence-electron chi connectivity index (χ1n) is 9.16. The third kappa shape index (κ3) is 3.73. The van der Waals surface area contributed by atoms with Gasteiger partial charge >= 0.3 is 0 Å². The van der Waals surface area contributed by atoms with Crippen molar-refractivity contribution in [3.05, 3.63) is 72.2 Å². The Morgan fingerprint density at radius 2 is 2.03 bits per heavy atom. The Bertz CT molecular complexity index is 1150. The number of imidazole rings is 1. The molecule has 7 heteroatoms. The van der Waals surface area contributed by atoms with E-state index in [0.717, 1.165) is 16.2 Å². The number of methoxy groups -OCH3 is 1. The molecule has 6 nitrogen and oxygen atoms in total. The van der Waals surface area contributed by atoms with Gasteiger partial charge in [-0.1, -0.05) is 23.9 Å². The predicted octanol–water partition coefficient (Wildman–Crippen LogP) is 4.84. The van der Waals surface area contributed by atoms with Crippen LogP contribution < -0.4 is 10.1 Å². The minimum absolute atomic E-state index is 0.160. The lowest BCUT2D eigenvalue weighted by Gasteiger charge is -2.12. The maximum atomic E-state index is 12.7. The van der Waals surface area contributed by atoms with Crippen molar-refractivity contribution < 1.29 is 13.9 Å². The van der Waals surface area contributed by atoms with Crippen molar-refractivity contribution in [1.82, 2.24) is 14.9 Å². The summed E-state index contributed by atoms with van der Waals surface area (Å²) in [6.45, 7) is 1.90. The topological polar surface area (TPSA) is 69.3 Å². The smallest absolute Gasteiger partial charge is 0.251 e. The van der Waals surface area contributed by atoms with Gasteiger partial charge in [0, 0.05) is 29.0 Å².